The standard InChI is InChI=1S/C10H15N2.ClH/c1-11-8-4-10(5-9-11)12-6-2-3-7-12;/h4-5,8-9H,2-3,6-7H2,1H3;1H/q+1;/p-1. The van der Waals surface area contributed by atoms with Crippen LogP contribution in [0.5, 0.6) is 0 Å². The van der Waals surface area contributed by atoms with Crippen molar-refractivity contribution in [3.63, 3.8) is 0 Å². The van der Waals surface area contributed by atoms with Gasteiger partial charge in [-0.25, -0.2) is 4.57 Å². The Hall–Kier alpha value is -0.760. The number of hydrogen-bond acceptors (Lipinski definition) is 1. The molecular weight excluding hydrogens is 184 g/mol. The molecule has 2 heterocycles. The van der Waals surface area contributed by atoms with E-state index < -0.39 is 0 Å². The first-order valence-electron chi connectivity index (χ1n) is 4.56. The molecule has 1 aliphatic rings. The molecule has 1 fully saturated rings. The van der Waals surface area contributed by atoms with E-state index >= 15 is 0 Å². The lowest BCUT2D eigenvalue weighted by atomic mass is 10.3. The van der Waals surface area contributed by atoms with Gasteiger partial charge in [0.2, 0.25) is 0 Å². The van der Waals surface area contributed by atoms with Crippen LogP contribution in [0.3, 0.4) is 0 Å². The Morgan fingerprint density at radius 2 is 1.69 bits per heavy atom. The molecule has 0 saturated carbocycles. The monoisotopic (exact) mass is 198 g/mol. The average molecular weight is 199 g/mol. The van der Waals surface area contributed by atoms with Crippen molar-refractivity contribution in [1.82, 2.24) is 0 Å². The molecule has 13 heavy (non-hydrogen) atoms. The minimum Gasteiger partial charge on any atom is -1.00 e. The molecule has 1 aromatic rings. The lowest BCUT2D eigenvalue weighted by Gasteiger charge is -2.15. The zero-order valence-corrected chi connectivity index (χ0v) is 8.67. The molecule has 0 aromatic carbocycles. The first kappa shape index (κ1) is 10.3. The molecule has 3 heteroatoms. The lowest BCUT2D eigenvalue weighted by Crippen LogP contribution is -3.00. The van der Waals surface area contributed by atoms with E-state index in [2.05, 4.69) is 34.0 Å². The summed E-state index contributed by atoms with van der Waals surface area (Å²) in [5.74, 6) is 0. The van der Waals surface area contributed by atoms with Gasteiger partial charge >= 0.3 is 0 Å². The molecular formula is C10H15ClN2. The Labute approximate surface area is 85.6 Å². The van der Waals surface area contributed by atoms with Crippen molar-refractivity contribution < 1.29 is 17.0 Å². The van der Waals surface area contributed by atoms with Crippen molar-refractivity contribution in [2.45, 2.75) is 12.8 Å². The number of rotatable bonds is 1. The summed E-state index contributed by atoms with van der Waals surface area (Å²) in [6.07, 6.45) is 6.91. The van der Waals surface area contributed by atoms with E-state index in [-0.39, 0.29) is 12.4 Å². The van der Waals surface area contributed by atoms with Gasteiger partial charge in [0.25, 0.3) is 0 Å². The zero-order chi connectivity index (χ0) is 8.39. The third-order valence-electron chi connectivity index (χ3n) is 2.43. The summed E-state index contributed by atoms with van der Waals surface area (Å²) in [5.41, 5.74) is 1.37. The van der Waals surface area contributed by atoms with Crippen LogP contribution in [0.15, 0.2) is 24.5 Å². The van der Waals surface area contributed by atoms with Gasteiger partial charge in [0.05, 0.1) is 0 Å². The molecule has 0 N–H and O–H groups in total. The fourth-order valence-electron chi connectivity index (χ4n) is 1.68. The molecule has 0 bridgehead atoms. The number of halogens is 1. The normalized spacial score (nSPS) is 15.6. The number of hydrogen-bond donors (Lipinski definition) is 0. The Bertz CT molecular complexity index is 252. The Balaban J connectivity index is 0.000000845. The maximum Gasteiger partial charge on any atom is 0.170 e. The molecule has 1 aromatic heterocycles. The second-order valence-electron chi connectivity index (χ2n) is 3.42. The van der Waals surface area contributed by atoms with E-state index in [9.17, 15) is 0 Å². The van der Waals surface area contributed by atoms with Crippen LogP contribution >= 0.6 is 0 Å². The second-order valence-corrected chi connectivity index (χ2v) is 3.42. The van der Waals surface area contributed by atoms with E-state index in [1.807, 2.05) is 7.05 Å². The topological polar surface area (TPSA) is 7.12 Å². The smallest absolute Gasteiger partial charge is 0.170 e. The molecule has 0 radical (unpaired) electrons. The summed E-state index contributed by atoms with van der Waals surface area (Å²) in [7, 11) is 2.05. The van der Waals surface area contributed by atoms with Crippen LogP contribution in [-0.4, -0.2) is 13.1 Å². The lowest BCUT2D eigenvalue weighted by molar-refractivity contribution is -0.671. The van der Waals surface area contributed by atoms with E-state index in [4.69, 9.17) is 0 Å². The number of aromatic nitrogens is 1. The first-order valence-corrected chi connectivity index (χ1v) is 4.56. The second kappa shape index (κ2) is 4.47. The highest BCUT2D eigenvalue weighted by Gasteiger charge is 2.12. The molecule has 0 aliphatic carbocycles. The minimum atomic E-state index is 0. The van der Waals surface area contributed by atoms with Crippen molar-refractivity contribution in [3.8, 4) is 0 Å². The predicted molar refractivity (Wildman–Crippen MR) is 49.1 cm³/mol. The van der Waals surface area contributed by atoms with Crippen LogP contribution in [0.4, 0.5) is 5.69 Å². The first-order chi connectivity index (χ1) is 5.86. The number of nitrogens with zero attached hydrogens (tertiary/aromatic N) is 2. The van der Waals surface area contributed by atoms with Crippen LogP contribution in [-0.2, 0) is 7.05 Å². The predicted octanol–water partition coefficient (Wildman–Crippen LogP) is -1.88. The molecule has 2 rings (SSSR count). The van der Waals surface area contributed by atoms with Crippen molar-refractivity contribution in [2.24, 2.45) is 7.05 Å². The molecule has 0 unspecified atom stereocenters. The molecule has 1 aliphatic heterocycles. The van der Waals surface area contributed by atoms with Crippen LogP contribution in [0.1, 0.15) is 12.8 Å². The van der Waals surface area contributed by atoms with Crippen molar-refractivity contribution in [1.29, 1.82) is 0 Å². The summed E-state index contributed by atoms with van der Waals surface area (Å²) < 4.78 is 2.07. The van der Waals surface area contributed by atoms with Crippen LogP contribution in [0.2, 0.25) is 0 Å². The van der Waals surface area contributed by atoms with E-state index in [0.29, 0.717) is 0 Å². The maximum atomic E-state index is 2.44. The van der Waals surface area contributed by atoms with Gasteiger partial charge in [0.15, 0.2) is 12.4 Å². The third-order valence-corrected chi connectivity index (χ3v) is 2.43. The van der Waals surface area contributed by atoms with Crippen molar-refractivity contribution in [3.05, 3.63) is 24.5 Å². The van der Waals surface area contributed by atoms with Gasteiger partial charge in [-0.3, -0.25) is 0 Å². The fourth-order valence-corrected chi connectivity index (χ4v) is 1.68. The van der Waals surface area contributed by atoms with Gasteiger partial charge < -0.3 is 17.3 Å². The van der Waals surface area contributed by atoms with Crippen LogP contribution in [0.25, 0.3) is 0 Å². The Kier molecular flexibility index (Phi) is 3.55. The SMILES string of the molecule is C[n+]1ccc(N2CCCC2)cc1.[Cl-]. The largest absolute Gasteiger partial charge is 1.00 e. The molecule has 0 amide bonds. The molecule has 0 atom stereocenters. The van der Waals surface area contributed by atoms with Gasteiger partial charge in [0.1, 0.15) is 7.05 Å². The Morgan fingerprint density at radius 3 is 2.23 bits per heavy atom. The quantitative estimate of drug-likeness (QED) is 0.479. The summed E-state index contributed by atoms with van der Waals surface area (Å²) in [5, 5.41) is 0. The van der Waals surface area contributed by atoms with E-state index in [1.165, 1.54) is 31.6 Å². The van der Waals surface area contributed by atoms with Gasteiger partial charge in [-0.1, -0.05) is 0 Å². The third kappa shape index (κ3) is 2.34. The number of pyridine rings is 1. The van der Waals surface area contributed by atoms with Crippen LogP contribution in [0, 0.1) is 0 Å². The van der Waals surface area contributed by atoms with E-state index in [0.717, 1.165) is 0 Å². The zero-order valence-electron chi connectivity index (χ0n) is 7.91. The van der Waals surface area contributed by atoms with Gasteiger partial charge in [0, 0.05) is 30.9 Å². The number of aryl methyl sites for hydroxylation is 1. The van der Waals surface area contributed by atoms with Crippen molar-refractivity contribution >= 4 is 5.69 Å². The number of anilines is 1. The van der Waals surface area contributed by atoms with Crippen molar-refractivity contribution in [2.75, 3.05) is 18.0 Å². The summed E-state index contributed by atoms with van der Waals surface area (Å²) >= 11 is 0. The Morgan fingerprint density at radius 1 is 1.15 bits per heavy atom. The van der Waals surface area contributed by atoms with Crippen LogP contribution < -0.4 is 21.9 Å². The maximum absolute atomic E-state index is 2.44. The van der Waals surface area contributed by atoms with E-state index in [1.54, 1.807) is 0 Å². The average Bonchev–Trinajstić information content (AvgIpc) is 2.58. The molecule has 72 valence electrons. The highest BCUT2D eigenvalue weighted by molar-refractivity contribution is 5.44. The summed E-state index contributed by atoms with van der Waals surface area (Å²) in [6.45, 7) is 2.46. The summed E-state index contributed by atoms with van der Waals surface area (Å²) in [6, 6.07) is 4.37. The molecule has 2 nitrogen and oxygen atoms in total. The molecule has 0 spiro atoms. The highest BCUT2D eigenvalue weighted by atomic mass is 35.5. The minimum absolute atomic E-state index is 0. The van der Waals surface area contributed by atoms with Gasteiger partial charge in [-0.2, -0.15) is 0 Å². The highest BCUT2D eigenvalue weighted by Crippen LogP contribution is 2.17. The molecule has 1 saturated heterocycles. The summed E-state index contributed by atoms with van der Waals surface area (Å²) in [4.78, 5) is 2.44. The van der Waals surface area contributed by atoms with Gasteiger partial charge in [-0.05, 0) is 12.8 Å². The van der Waals surface area contributed by atoms with Gasteiger partial charge in [-0.15, -0.1) is 0 Å². The fraction of sp³-hybridized carbons (Fsp3) is 0.500.